The molecule has 2 rings (SSSR count). The van der Waals surface area contributed by atoms with Crippen molar-refractivity contribution in [3.8, 4) is 0 Å². The summed E-state index contributed by atoms with van der Waals surface area (Å²) in [5.74, 6) is -0.360. The summed E-state index contributed by atoms with van der Waals surface area (Å²) < 4.78 is 4.77. The molecule has 1 aliphatic rings. The fourth-order valence-electron chi connectivity index (χ4n) is 2.51. The molecular formula is C15H20N2O3. The van der Waals surface area contributed by atoms with E-state index in [1.165, 1.54) is 7.11 Å². The molecule has 5 heteroatoms. The van der Waals surface area contributed by atoms with Gasteiger partial charge in [0.15, 0.2) is 0 Å². The molecule has 1 unspecified atom stereocenters. The van der Waals surface area contributed by atoms with Gasteiger partial charge < -0.3 is 10.1 Å². The number of para-hydroxylation sites is 1. The van der Waals surface area contributed by atoms with Crippen LogP contribution in [0.4, 0.5) is 5.69 Å². The Balaban J connectivity index is 1.94. The van der Waals surface area contributed by atoms with Crippen molar-refractivity contribution in [3.63, 3.8) is 0 Å². The molecule has 1 aromatic carbocycles. The number of benzene rings is 1. The lowest BCUT2D eigenvalue weighted by atomic mass is 10.2. The Morgan fingerprint density at radius 3 is 2.85 bits per heavy atom. The van der Waals surface area contributed by atoms with E-state index >= 15 is 0 Å². The second-order valence-electron chi connectivity index (χ2n) is 5.01. The molecule has 1 aromatic rings. The summed E-state index contributed by atoms with van der Waals surface area (Å²) in [6.45, 7) is 2.91. The minimum atomic E-state index is -0.289. The summed E-state index contributed by atoms with van der Waals surface area (Å²) in [6, 6.07) is 7.34. The molecule has 1 heterocycles. The van der Waals surface area contributed by atoms with Crippen LogP contribution in [0.2, 0.25) is 0 Å². The number of carbonyl (C=O) groups is 2. The van der Waals surface area contributed by atoms with E-state index in [-0.39, 0.29) is 24.5 Å². The van der Waals surface area contributed by atoms with Crippen molar-refractivity contribution >= 4 is 17.6 Å². The van der Waals surface area contributed by atoms with Crippen molar-refractivity contribution in [2.45, 2.75) is 25.8 Å². The smallest absolute Gasteiger partial charge is 0.323 e. The number of methoxy groups -OCH3 is 1. The van der Waals surface area contributed by atoms with E-state index in [2.05, 4.69) is 5.32 Å². The third kappa shape index (κ3) is 3.36. The zero-order chi connectivity index (χ0) is 14.5. The zero-order valence-corrected chi connectivity index (χ0v) is 11.9. The predicted octanol–water partition coefficient (Wildman–Crippen LogP) is 1.57. The van der Waals surface area contributed by atoms with Gasteiger partial charge in [-0.2, -0.15) is 0 Å². The zero-order valence-electron chi connectivity index (χ0n) is 11.9. The van der Waals surface area contributed by atoms with Gasteiger partial charge in [0.1, 0.15) is 6.04 Å². The molecule has 1 fully saturated rings. The van der Waals surface area contributed by atoms with Crippen LogP contribution >= 0.6 is 0 Å². The quantitative estimate of drug-likeness (QED) is 0.848. The molecule has 0 spiro atoms. The molecule has 5 nitrogen and oxygen atoms in total. The van der Waals surface area contributed by atoms with Crippen LogP contribution in [0.1, 0.15) is 18.4 Å². The van der Waals surface area contributed by atoms with Gasteiger partial charge in [-0.1, -0.05) is 18.2 Å². The number of esters is 1. The number of likely N-dealkylation sites (tertiary alicyclic amines) is 1. The maximum atomic E-state index is 12.1. The topological polar surface area (TPSA) is 58.6 Å². The van der Waals surface area contributed by atoms with Gasteiger partial charge >= 0.3 is 5.97 Å². The van der Waals surface area contributed by atoms with Crippen LogP contribution in [0.3, 0.4) is 0 Å². The van der Waals surface area contributed by atoms with Gasteiger partial charge in [0.2, 0.25) is 5.91 Å². The summed E-state index contributed by atoms with van der Waals surface area (Å²) in [6.07, 6.45) is 1.67. The largest absolute Gasteiger partial charge is 0.468 e. The van der Waals surface area contributed by atoms with E-state index in [4.69, 9.17) is 4.74 Å². The molecule has 1 atom stereocenters. The second-order valence-corrected chi connectivity index (χ2v) is 5.01. The van der Waals surface area contributed by atoms with E-state index < -0.39 is 0 Å². The first kappa shape index (κ1) is 14.5. The normalized spacial score (nSPS) is 18.8. The molecule has 0 saturated carbocycles. The predicted molar refractivity (Wildman–Crippen MR) is 76.4 cm³/mol. The van der Waals surface area contributed by atoms with Crippen molar-refractivity contribution < 1.29 is 14.3 Å². The van der Waals surface area contributed by atoms with E-state index in [1.807, 2.05) is 36.1 Å². The summed E-state index contributed by atoms with van der Waals surface area (Å²) in [4.78, 5) is 25.6. The molecule has 20 heavy (non-hydrogen) atoms. The fraction of sp³-hybridized carbons (Fsp3) is 0.467. The number of ether oxygens (including phenoxy) is 1. The highest BCUT2D eigenvalue weighted by atomic mass is 16.5. The van der Waals surface area contributed by atoms with Crippen LogP contribution in [0.5, 0.6) is 0 Å². The van der Waals surface area contributed by atoms with Gasteiger partial charge in [-0.15, -0.1) is 0 Å². The van der Waals surface area contributed by atoms with Gasteiger partial charge in [-0.05, 0) is 37.9 Å². The minimum absolute atomic E-state index is 0.102. The van der Waals surface area contributed by atoms with Gasteiger partial charge in [0.05, 0.1) is 13.7 Å². The molecule has 0 aromatic heterocycles. The molecule has 0 radical (unpaired) electrons. The Morgan fingerprint density at radius 1 is 1.40 bits per heavy atom. The van der Waals surface area contributed by atoms with Crippen LogP contribution < -0.4 is 5.32 Å². The third-order valence-electron chi connectivity index (χ3n) is 3.60. The Bertz CT molecular complexity index is 502. The maximum absolute atomic E-state index is 12.1. The molecule has 1 N–H and O–H groups in total. The lowest BCUT2D eigenvalue weighted by Crippen LogP contribution is -2.41. The maximum Gasteiger partial charge on any atom is 0.323 e. The van der Waals surface area contributed by atoms with Crippen LogP contribution in [-0.2, 0) is 14.3 Å². The number of amides is 1. The molecular weight excluding hydrogens is 256 g/mol. The van der Waals surface area contributed by atoms with Crippen LogP contribution in [0, 0.1) is 6.92 Å². The van der Waals surface area contributed by atoms with Crippen molar-refractivity contribution in [3.05, 3.63) is 29.8 Å². The number of rotatable bonds is 4. The van der Waals surface area contributed by atoms with E-state index in [1.54, 1.807) is 0 Å². The average molecular weight is 276 g/mol. The van der Waals surface area contributed by atoms with Crippen molar-refractivity contribution in [1.29, 1.82) is 0 Å². The first-order valence-electron chi connectivity index (χ1n) is 6.79. The van der Waals surface area contributed by atoms with Gasteiger partial charge in [-0.3, -0.25) is 14.5 Å². The SMILES string of the molecule is COC(=O)C1CCCN1CC(=O)Nc1ccccc1C. The molecule has 1 amide bonds. The monoisotopic (exact) mass is 276 g/mol. The summed E-state index contributed by atoms with van der Waals surface area (Å²) in [7, 11) is 1.38. The van der Waals surface area contributed by atoms with Crippen molar-refractivity contribution in [2.24, 2.45) is 0 Å². The van der Waals surface area contributed by atoms with Gasteiger partial charge in [0, 0.05) is 5.69 Å². The number of hydrogen-bond donors (Lipinski definition) is 1. The first-order valence-corrected chi connectivity index (χ1v) is 6.79. The number of hydrogen-bond acceptors (Lipinski definition) is 4. The Labute approximate surface area is 118 Å². The number of nitrogens with zero attached hydrogens (tertiary/aromatic N) is 1. The van der Waals surface area contributed by atoms with Crippen molar-refractivity contribution in [1.82, 2.24) is 4.90 Å². The summed E-state index contributed by atoms with van der Waals surface area (Å²) in [5.41, 5.74) is 1.83. The average Bonchev–Trinajstić information content (AvgIpc) is 2.88. The lowest BCUT2D eigenvalue weighted by molar-refractivity contribution is -0.146. The van der Waals surface area contributed by atoms with Crippen molar-refractivity contribution in [2.75, 3.05) is 25.5 Å². The second kappa shape index (κ2) is 6.52. The van der Waals surface area contributed by atoms with Gasteiger partial charge in [-0.25, -0.2) is 0 Å². The number of carbonyl (C=O) groups excluding carboxylic acids is 2. The Hall–Kier alpha value is -1.88. The molecule has 1 aliphatic heterocycles. The van der Waals surface area contributed by atoms with E-state index in [0.29, 0.717) is 0 Å². The number of nitrogens with one attached hydrogen (secondary N) is 1. The Morgan fingerprint density at radius 2 is 2.15 bits per heavy atom. The summed E-state index contributed by atoms with van der Waals surface area (Å²) >= 11 is 0. The minimum Gasteiger partial charge on any atom is -0.468 e. The van der Waals surface area contributed by atoms with E-state index in [9.17, 15) is 9.59 Å². The highest BCUT2D eigenvalue weighted by Gasteiger charge is 2.32. The standard InChI is InChI=1S/C15H20N2O3/c1-11-6-3-4-7-12(11)16-14(18)10-17-9-5-8-13(17)15(19)20-2/h3-4,6-7,13H,5,8-10H2,1-2H3,(H,16,18). The van der Waals surface area contributed by atoms with Crippen LogP contribution in [-0.4, -0.2) is 43.0 Å². The molecule has 108 valence electrons. The molecule has 1 saturated heterocycles. The number of aryl methyl sites for hydroxylation is 1. The Kier molecular flexibility index (Phi) is 4.74. The van der Waals surface area contributed by atoms with E-state index in [0.717, 1.165) is 30.6 Å². The fourth-order valence-corrected chi connectivity index (χ4v) is 2.51. The third-order valence-corrected chi connectivity index (χ3v) is 3.60. The van der Waals surface area contributed by atoms with Crippen LogP contribution in [0.15, 0.2) is 24.3 Å². The lowest BCUT2D eigenvalue weighted by Gasteiger charge is -2.21. The molecule has 0 bridgehead atoms. The number of anilines is 1. The van der Waals surface area contributed by atoms with Crippen LogP contribution in [0.25, 0.3) is 0 Å². The summed E-state index contributed by atoms with van der Waals surface area (Å²) in [5, 5.41) is 2.88. The highest BCUT2D eigenvalue weighted by molar-refractivity contribution is 5.93. The highest BCUT2D eigenvalue weighted by Crippen LogP contribution is 2.19. The molecule has 0 aliphatic carbocycles. The first-order chi connectivity index (χ1) is 9.61. The van der Waals surface area contributed by atoms with Gasteiger partial charge in [0.25, 0.3) is 0 Å².